The maximum Gasteiger partial charge on any atom is 0.258 e. The van der Waals surface area contributed by atoms with E-state index in [4.69, 9.17) is 11.6 Å². The highest BCUT2D eigenvalue weighted by Gasteiger charge is 2.40. The Kier molecular flexibility index (Phi) is 10.6. The van der Waals surface area contributed by atoms with Crippen molar-refractivity contribution >= 4 is 29.1 Å². The highest BCUT2D eigenvalue weighted by Crippen LogP contribution is 2.31. The van der Waals surface area contributed by atoms with Crippen molar-refractivity contribution in [2.45, 2.75) is 44.0 Å². The number of piperidine rings is 1. The number of halogens is 1. The first-order valence-electron chi connectivity index (χ1n) is 14.2. The van der Waals surface area contributed by atoms with Crippen molar-refractivity contribution < 1.29 is 24.9 Å². The maximum atomic E-state index is 13.1. The Morgan fingerprint density at radius 2 is 1.78 bits per heavy atom. The minimum absolute atomic E-state index is 0.00712. The second kappa shape index (κ2) is 14.0. The summed E-state index contributed by atoms with van der Waals surface area (Å²) < 4.78 is 0. The summed E-state index contributed by atoms with van der Waals surface area (Å²) in [4.78, 5) is 31.6. The first-order chi connectivity index (χ1) is 19.6. The van der Waals surface area contributed by atoms with Crippen molar-refractivity contribution in [3.8, 4) is 0 Å². The Balaban J connectivity index is 1.33. The number of carbonyl (C=O) groups is 2. The number of benzene rings is 2. The number of likely N-dealkylation sites (N-methyl/N-ethyl adjacent to an activating group) is 1. The third kappa shape index (κ3) is 7.38. The van der Waals surface area contributed by atoms with Gasteiger partial charge in [-0.25, -0.2) is 0 Å². The number of rotatable bonds is 12. The number of carbonyl (C=O) groups excluding carboxylic acids is 2. The molecule has 1 atom stereocenters. The molecule has 0 spiro atoms. The molecular formula is C30H42ClN5O5. The van der Waals surface area contributed by atoms with Crippen LogP contribution in [0.3, 0.4) is 0 Å². The van der Waals surface area contributed by atoms with E-state index in [9.17, 15) is 24.9 Å². The molecule has 41 heavy (non-hydrogen) atoms. The average Bonchev–Trinajstić information content (AvgIpc) is 2.95. The van der Waals surface area contributed by atoms with Crippen molar-refractivity contribution in [3.63, 3.8) is 0 Å². The van der Waals surface area contributed by atoms with Crippen molar-refractivity contribution in [1.29, 1.82) is 0 Å². The standard InChI is InChI=1S/C30H42ClN5O5/c1-30(41,22-6-4-3-5-7-22)29(40)35-11-8-24(9-12-35)36-19-23(20-36)33-27-17-26(31)25(28(39)34(2)13-15-38)16-21(27)18-32-10-14-37/h3-7,16-17,23-24,32-33,37-38,41H,8-15,18-20H2,1-2H3. The van der Waals surface area contributed by atoms with Gasteiger partial charge in [0, 0.05) is 64.6 Å². The molecular weight excluding hydrogens is 546 g/mol. The molecule has 2 saturated heterocycles. The molecule has 0 radical (unpaired) electrons. The van der Waals surface area contributed by atoms with Gasteiger partial charge in [-0.2, -0.15) is 0 Å². The topological polar surface area (TPSA) is 129 Å². The molecule has 2 aromatic carbocycles. The lowest BCUT2D eigenvalue weighted by Gasteiger charge is -2.48. The zero-order chi connectivity index (χ0) is 29.6. The Hall–Kier alpha value is -2.73. The summed E-state index contributed by atoms with van der Waals surface area (Å²) in [5.41, 5.74) is 1.15. The molecule has 2 aromatic rings. The quantitative estimate of drug-likeness (QED) is 0.236. The van der Waals surface area contributed by atoms with Gasteiger partial charge in [-0.05, 0) is 43.0 Å². The van der Waals surface area contributed by atoms with Crippen LogP contribution in [0, 0.1) is 0 Å². The van der Waals surface area contributed by atoms with Crippen LogP contribution in [0.25, 0.3) is 0 Å². The van der Waals surface area contributed by atoms with E-state index in [-0.39, 0.29) is 37.6 Å². The van der Waals surface area contributed by atoms with E-state index >= 15 is 0 Å². The van der Waals surface area contributed by atoms with Crippen molar-refractivity contribution in [2.75, 3.05) is 64.8 Å². The molecule has 1 unspecified atom stereocenters. The number of amides is 2. The van der Waals surface area contributed by atoms with Gasteiger partial charge in [0.05, 0.1) is 29.8 Å². The average molecular weight is 588 g/mol. The summed E-state index contributed by atoms with van der Waals surface area (Å²) in [6, 6.07) is 13.2. The van der Waals surface area contributed by atoms with E-state index in [0.29, 0.717) is 48.4 Å². The lowest BCUT2D eigenvalue weighted by Crippen LogP contribution is -2.61. The first-order valence-corrected chi connectivity index (χ1v) is 14.6. The smallest absolute Gasteiger partial charge is 0.258 e. The fourth-order valence-corrected chi connectivity index (χ4v) is 5.82. The lowest BCUT2D eigenvalue weighted by atomic mass is 9.92. The molecule has 2 fully saturated rings. The minimum Gasteiger partial charge on any atom is -0.395 e. The van der Waals surface area contributed by atoms with Gasteiger partial charge < -0.3 is 35.8 Å². The molecule has 4 rings (SSSR count). The van der Waals surface area contributed by atoms with Crippen LogP contribution in [0.5, 0.6) is 0 Å². The van der Waals surface area contributed by atoms with Gasteiger partial charge in [0.15, 0.2) is 5.60 Å². The summed E-state index contributed by atoms with van der Waals surface area (Å²) in [5.74, 6) is -0.516. The SMILES string of the molecule is CN(CCO)C(=O)c1cc(CNCCO)c(NC2CN(C3CCN(C(=O)C(C)(O)c4ccccc4)CC3)C2)cc1Cl. The van der Waals surface area contributed by atoms with E-state index in [1.165, 1.54) is 4.90 Å². The third-order valence-electron chi connectivity index (χ3n) is 8.10. The zero-order valence-electron chi connectivity index (χ0n) is 23.9. The largest absolute Gasteiger partial charge is 0.395 e. The Morgan fingerprint density at radius 3 is 2.41 bits per heavy atom. The predicted octanol–water partition coefficient (Wildman–Crippen LogP) is 1.48. The minimum atomic E-state index is -1.54. The number of anilines is 1. The maximum absolute atomic E-state index is 13.1. The number of likely N-dealkylation sites (tertiary alicyclic amines) is 2. The van der Waals surface area contributed by atoms with Gasteiger partial charge in [0.1, 0.15) is 0 Å². The number of aliphatic hydroxyl groups excluding tert-OH is 2. The lowest BCUT2D eigenvalue weighted by molar-refractivity contribution is -0.152. The van der Waals surface area contributed by atoms with Crippen LogP contribution in [-0.4, -0.2) is 113 Å². The summed E-state index contributed by atoms with van der Waals surface area (Å²) in [7, 11) is 1.62. The third-order valence-corrected chi connectivity index (χ3v) is 8.41. The zero-order valence-corrected chi connectivity index (χ0v) is 24.6. The molecule has 0 aromatic heterocycles. The number of aliphatic hydroxyl groups is 3. The molecule has 2 heterocycles. The molecule has 5 N–H and O–H groups in total. The summed E-state index contributed by atoms with van der Waals surface area (Å²) in [5, 5.41) is 36.4. The van der Waals surface area contributed by atoms with Crippen LogP contribution in [0.1, 0.15) is 41.3 Å². The molecule has 11 heteroatoms. The van der Waals surface area contributed by atoms with Crippen LogP contribution < -0.4 is 10.6 Å². The van der Waals surface area contributed by atoms with Crippen molar-refractivity contribution in [2.24, 2.45) is 0 Å². The normalized spacial score (nSPS) is 18.0. The molecule has 224 valence electrons. The number of nitrogens with one attached hydrogen (secondary N) is 2. The fourth-order valence-electron chi connectivity index (χ4n) is 5.57. The summed E-state index contributed by atoms with van der Waals surface area (Å²) >= 11 is 6.54. The van der Waals surface area contributed by atoms with Gasteiger partial charge in [0.25, 0.3) is 11.8 Å². The van der Waals surface area contributed by atoms with E-state index in [1.807, 2.05) is 18.2 Å². The Morgan fingerprint density at radius 1 is 1.10 bits per heavy atom. The highest BCUT2D eigenvalue weighted by atomic mass is 35.5. The van der Waals surface area contributed by atoms with Crippen LogP contribution in [-0.2, 0) is 16.9 Å². The van der Waals surface area contributed by atoms with Gasteiger partial charge in [0.2, 0.25) is 0 Å². The van der Waals surface area contributed by atoms with Gasteiger partial charge in [-0.1, -0.05) is 41.9 Å². The number of nitrogens with zero attached hydrogens (tertiary/aromatic N) is 3. The monoisotopic (exact) mass is 587 g/mol. The van der Waals surface area contributed by atoms with Crippen molar-refractivity contribution in [1.82, 2.24) is 20.0 Å². The summed E-state index contributed by atoms with van der Waals surface area (Å²) in [6.07, 6.45) is 1.70. The van der Waals surface area contributed by atoms with E-state index in [0.717, 1.165) is 37.2 Å². The predicted molar refractivity (Wildman–Crippen MR) is 159 cm³/mol. The van der Waals surface area contributed by atoms with Gasteiger partial charge in [-0.3, -0.25) is 14.5 Å². The van der Waals surface area contributed by atoms with E-state index in [1.54, 1.807) is 43.1 Å². The second-order valence-electron chi connectivity index (χ2n) is 11.1. The molecule has 2 aliphatic heterocycles. The molecule has 2 amide bonds. The number of hydrogen-bond donors (Lipinski definition) is 5. The Bertz CT molecular complexity index is 1180. The van der Waals surface area contributed by atoms with Gasteiger partial charge in [-0.15, -0.1) is 0 Å². The van der Waals surface area contributed by atoms with E-state index in [2.05, 4.69) is 15.5 Å². The van der Waals surface area contributed by atoms with Crippen LogP contribution >= 0.6 is 11.6 Å². The Labute approximate surface area is 246 Å². The van der Waals surface area contributed by atoms with Crippen molar-refractivity contribution in [3.05, 3.63) is 64.2 Å². The highest BCUT2D eigenvalue weighted by molar-refractivity contribution is 6.34. The molecule has 10 nitrogen and oxygen atoms in total. The van der Waals surface area contributed by atoms with Crippen LogP contribution in [0.15, 0.2) is 42.5 Å². The number of hydrogen-bond acceptors (Lipinski definition) is 8. The molecule has 2 aliphatic rings. The van der Waals surface area contributed by atoms with E-state index < -0.39 is 5.60 Å². The van der Waals surface area contributed by atoms with Gasteiger partial charge >= 0.3 is 0 Å². The molecule has 0 bridgehead atoms. The fraction of sp³-hybridized carbons (Fsp3) is 0.533. The summed E-state index contributed by atoms with van der Waals surface area (Å²) in [6.45, 7) is 5.45. The molecule has 0 saturated carbocycles. The first kappa shape index (κ1) is 31.2. The van der Waals surface area contributed by atoms with Crippen LogP contribution in [0.4, 0.5) is 5.69 Å². The van der Waals surface area contributed by atoms with Crippen LogP contribution in [0.2, 0.25) is 5.02 Å². The molecule has 0 aliphatic carbocycles. The second-order valence-corrected chi connectivity index (χ2v) is 11.5.